The minimum Gasteiger partial charge on any atom is -0.295 e. The summed E-state index contributed by atoms with van der Waals surface area (Å²) in [5.41, 5.74) is 3.29. The molecule has 2 atom stereocenters. The van der Waals surface area contributed by atoms with Crippen LogP contribution in [-0.4, -0.2) is 16.3 Å². The van der Waals surface area contributed by atoms with Crippen LogP contribution in [0.3, 0.4) is 0 Å². The second-order valence-electron chi connectivity index (χ2n) is 5.33. The van der Waals surface area contributed by atoms with Gasteiger partial charge in [0.2, 0.25) is 0 Å². The first-order valence-electron chi connectivity index (χ1n) is 6.97. The van der Waals surface area contributed by atoms with Gasteiger partial charge in [0.05, 0.1) is 10.0 Å². The van der Waals surface area contributed by atoms with Gasteiger partial charge in [-0.05, 0) is 42.5 Å². The zero-order chi connectivity index (χ0) is 14.3. The van der Waals surface area contributed by atoms with E-state index >= 15 is 0 Å². The molecule has 2 bridgehead atoms. The molecule has 2 heterocycles. The molecule has 3 rings (SSSR count). The summed E-state index contributed by atoms with van der Waals surface area (Å²) < 4.78 is 0. The summed E-state index contributed by atoms with van der Waals surface area (Å²) in [5, 5.41) is 2.15. The van der Waals surface area contributed by atoms with Crippen molar-refractivity contribution in [3.8, 4) is 0 Å². The Morgan fingerprint density at radius 2 is 2.10 bits per heavy atom. The summed E-state index contributed by atoms with van der Waals surface area (Å²) in [6.07, 6.45) is 3.88. The van der Waals surface area contributed by atoms with Gasteiger partial charge in [-0.2, -0.15) is 0 Å². The van der Waals surface area contributed by atoms with E-state index < -0.39 is 0 Å². The van der Waals surface area contributed by atoms with Gasteiger partial charge in [-0.15, -0.1) is 11.8 Å². The molecule has 1 saturated heterocycles. The number of benzene rings is 1. The second kappa shape index (κ2) is 5.75. The monoisotopic (exact) mass is 326 g/mol. The molecule has 1 nitrogen and oxygen atoms in total. The first kappa shape index (κ1) is 14.5. The lowest BCUT2D eigenvalue weighted by Crippen LogP contribution is -2.19. The fourth-order valence-corrected chi connectivity index (χ4v) is 5.08. The van der Waals surface area contributed by atoms with Gasteiger partial charge in [0.1, 0.15) is 0 Å². The SMILES string of the molecule is CCC(=O)C1=C(c2ccc(Cl)c(Cl)c2)CC2CC[C@@H]1S2. The Hall–Kier alpha value is -0.440. The zero-order valence-corrected chi connectivity index (χ0v) is 13.6. The molecule has 0 aromatic heterocycles. The molecule has 1 aromatic carbocycles. The largest absolute Gasteiger partial charge is 0.295 e. The number of carbonyl (C=O) groups is 1. The summed E-state index contributed by atoms with van der Waals surface area (Å²) in [6.45, 7) is 1.94. The quantitative estimate of drug-likeness (QED) is 0.740. The molecule has 2 aliphatic heterocycles. The molecule has 0 amide bonds. The first-order chi connectivity index (χ1) is 9.60. The number of hydrogen-bond donors (Lipinski definition) is 0. The Labute approximate surface area is 133 Å². The van der Waals surface area contributed by atoms with E-state index in [0.717, 1.165) is 24.0 Å². The van der Waals surface area contributed by atoms with Gasteiger partial charge in [0.15, 0.2) is 5.78 Å². The fourth-order valence-electron chi connectivity index (χ4n) is 3.10. The Morgan fingerprint density at radius 3 is 2.80 bits per heavy atom. The van der Waals surface area contributed by atoms with Crippen molar-refractivity contribution in [2.75, 3.05) is 0 Å². The van der Waals surface area contributed by atoms with E-state index in [2.05, 4.69) is 0 Å². The van der Waals surface area contributed by atoms with Crippen molar-refractivity contribution in [1.82, 2.24) is 0 Å². The summed E-state index contributed by atoms with van der Waals surface area (Å²) in [4.78, 5) is 12.4. The normalized spacial score (nSPS) is 25.1. The maximum atomic E-state index is 12.4. The van der Waals surface area contributed by atoms with Crippen molar-refractivity contribution in [2.45, 2.75) is 43.1 Å². The Balaban J connectivity index is 2.10. The van der Waals surface area contributed by atoms with Crippen molar-refractivity contribution < 1.29 is 4.79 Å². The fraction of sp³-hybridized carbons (Fsp3) is 0.438. The smallest absolute Gasteiger partial charge is 0.160 e. The highest BCUT2D eigenvalue weighted by atomic mass is 35.5. The van der Waals surface area contributed by atoms with Crippen LogP contribution in [0.4, 0.5) is 0 Å². The second-order valence-corrected chi connectivity index (χ2v) is 7.65. The molecule has 2 aliphatic rings. The summed E-state index contributed by atoms with van der Waals surface area (Å²) in [7, 11) is 0. The number of rotatable bonds is 3. The highest BCUT2D eigenvalue weighted by Crippen LogP contribution is 2.49. The lowest BCUT2D eigenvalue weighted by Gasteiger charge is -2.26. The zero-order valence-electron chi connectivity index (χ0n) is 11.3. The van der Waals surface area contributed by atoms with E-state index in [1.165, 1.54) is 12.0 Å². The number of carbonyl (C=O) groups excluding carboxylic acids is 1. The van der Waals surface area contributed by atoms with Crippen LogP contribution < -0.4 is 0 Å². The molecule has 20 heavy (non-hydrogen) atoms. The predicted molar refractivity (Wildman–Crippen MR) is 87.7 cm³/mol. The maximum absolute atomic E-state index is 12.4. The minimum absolute atomic E-state index is 0.281. The highest BCUT2D eigenvalue weighted by molar-refractivity contribution is 8.01. The molecule has 106 valence electrons. The van der Waals surface area contributed by atoms with Crippen LogP contribution in [0.5, 0.6) is 0 Å². The van der Waals surface area contributed by atoms with Crippen molar-refractivity contribution in [2.24, 2.45) is 0 Å². The van der Waals surface area contributed by atoms with Gasteiger partial charge in [-0.3, -0.25) is 4.79 Å². The summed E-state index contributed by atoms with van der Waals surface area (Å²) in [6, 6.07) is 5.71. The van der Waals surface area contributed by atoms with Gasteiger partial charge in [-0.25, -0.2) is 0 Å². The molecule has 1 unspecified atom stereocenters. The topological polar surface area (TPSA) is 17.1 Å². The number of ketones is 1. The lowest BCUT2D eigenvalue weighted by atomic mass is 9.92. The van der Waals surface area contributed by atoms with Gasteiger partial charge in [0.25, 0.3) is 0 Å². The summed E-state index contributed by atoms with van der Waals surface area (Å²) >= 11 is 14.1. The molecule has 1 fully saturated rings. The lowest BCUT2D eigenvalue weighted by molar-refractivity contribution is -0.115. The van der Waals surface area contributed by atoms with Crippen molar-refractivity contribution in [1.29, 1.82) is 0 Å². The van der Waals surface area contributed by atoms with Crippen LogP contribution in [0.25, 0.3) is 5.57 Å². The van der Waals surface area contributed by atoms with E-state index in [-0.39, 0.29) is 5.78 Å². The molecule has 4 heteroatoms. The van der Waals surface area contributed by atoms with E-state index in [1.54, 1.807) is 0 Å². The molecule has 0 radical (unpaired) electrons. The third-order valence-electron chi connectivity index (χ3n) is 4.08. The standard InChI is InChI=1S/C16H16Cl2OS/c1-2-14(19)16-11(8-10-4-6-15(16)20-10)9-3-5-12(17)13(18)7-9/h3,5,7,10,15H,2,4,6,8H2,1H3/t10?,15-/m0/s1. The molecular weight excluding hydrogens is 311 g/mol. The van der Waals surface area contributed by atoms with Crippen LogP contribution >= 0.6 is 35.0 Å². The molecule has 0 saturated carbocycles. The number of fused-ring (bicyclic) bond motifs is 2. The average molecular weight is 327 g/mol. The third-order valence-corrected chi connectivity index (χ3v) is 6.40. The highest BCUT2D eigenvalue weighted by Gasteiger charge is 2.37. The number of halogens is 2. The first-order valence-corrected chi connectivity index (χ1v) is 8.67. The number of thioether (sulfide) groups is 1. The third kappa shape index (κ3) is 2.54. The van der Waals surface area contributed by atoms with Gasteiger partial charge >= 0.3 is 0 Å². The maximum Gasteiger partial charge on any atom is 0.160 e. The Bertz CT molecular complexity index is 594. The average Bonchev–Trinajstić information content (AvgIpc) is 2.82. The van der Waals surface area contributed by atoms with Crippen LogP contribution in [0.1, 0.15) is 38.2 Å². The summed E-state index contributed by atoms with van der Waals surface area (Å²) in [5.74, 6) is 0.281. The van der Waals surface area contributed by atoms with E-state index in [1.807, 2.05) is 36.9 Å². The van der Waals surface area contributed by atoms with Crippen molar-refractivity contribution in [3.05, 3.63) is 39.4 Å². The molecule has 1 aromatic rings. The number of allylic oxidation sites excluding steroid dienone is 1. The molecule has 0 spiro atoms. The molecule has 0 N–H and O–H groups in total. The van der Waals surface area contributed by atoms with Gasteiger partial charge in [-0.1, -0.05) is 36.2 Å². The van der Waals surface area contributed by atoms with Crippen LogP contribution in [0.15, 0.2) is 23.8 Å². The van der Waals surface area contributed by atoms with Crippen molar-refractivity contribution >= 4 is 46.3 Å². The predicted octanol–water partition coefficient (Wildman–Crippen LogP) is 5.39. The molecular formula is C16H16Cl2OS. The van der Waals surface area contributed by atoms with E-state index in [0.29, 0.717) is 27.0 Å². The molecule has 0 aliphatic carbocycles. The minimum atomic E-state index is 0.281. The van der Waals surface area contributed by atoms with Crippen LogP contribution in [-0.2, 0) is 4.79 Å². The Kier molecular flexibility index (Phi) is 4.16. The Morgan fingerprint density at radius 1 is 1.30 bits per heavy atom. The van der Waals surface area contributed by atoms with Crippen LogP contribution in [0, 0.1) is 0 Å². The van der Waals surface area contributed by atoms with E-state index in [9.17, 15) is 4.79 Å². The van der Waals surface area contributed by atoms with Gasteiger partial charge in [0, 0.05) is 22.5 Å². The van der Waals surface area contributed by atoms with Crippen molar-refractivity contribution in [3.63, 3.8) is 0 Å². The van der Waals surface area contributed by atoms with E-state index in [4.69, 9.17) is 23.2 Å². The van der Waals surface area contributed by atoms with Crippen LogP contribution in [0.2, 0.25) is 10.0 Å². The number of hydrogen-bond acceptors (Lipinski definition) is 2. The van der Waals surface area contributed by atoms with Gasteiger partial charge < -0.3 is 0 Å². The number of Topliss-reactive ketones (excluding diaryl/α,β-unsaturated/α-hetero) is 1.